The number of benzene rings is 2. The smallest absolute Gasteiger partial charge is 0.262 e. The number of nitrogens with zero attached hydrogens (tertiary/aromatic N) is 2. The molecule has 1 amide bonds. The van der Waals surface area contributed by atoms with Gasteiger partial charge in [-0.15, -0.1) is 0 Å². The minimum absolute atomic E-state index is 0.141. The lowest BCUT2D eigenvalue weighted by molar-refractivity contribution is -0.118. The fourth-order valence-electron chi connectivity index (χ4n) is 3.79. The van der Waals surface area contributed by atoms with Gasteiger partial charge in [0.1, 0.15) is 11.5 Å². The van der Waals surface area contributed by atoms with Crippen molar-refractivity contribution in [3.8, 4) is 22.8 Å². The standard InChI is InChI=1S/C24H27ClN4O3/c1-29-21(10-13-27-29)19-15-18(8-9-22(19)31-14-11-17-5-4-12-26-17)28-24(30)16-32-23-7-3-2-6-20(23)25/h2-3,6-10,13,15,17,26H,4-5,11-12,14,16H2,1H3,(H,28,30). The highest BCUT2D eigenvalue weighted by atomic mass is 35.5. The Kier molecular flexibility index (Phi) is 7.29. The third kappa shape index (κ3) is 5.60. The molecule has 4 rings (SSSR count). The van der Waals surface area contributed by atoms with Crippen LogP contribution in [0.3, 0.4) is 0 Å². The predicted octanol–water partition coefficient (Wildman–Crippen LogP) is 4.28. The van der Waals surface area contributed by atoms with E-state index in [9.17, 15) is 4.79 Å². The maximum absolute atomic E-state index is 12.4. The maximum Gasteiger partial charge on any atom is 0.262 e. The number of ether oxygens (including phenoxy) is 2. The lowest BCUT2D eigenvalue weighted by Gasteiger charge is -2.16. The van der Waals surface area contributed by atoms with Crippen LogP contribution >= 0.6 is 11.6 Å². The van der Waals surface area contributed by atoms with Crippen molar-refractivity contribution in [3.63, 3.8) is 0 Å². The fraction of sp³-hybridized carbons (Fsp3) is 0.333. The molecule has 3 aromatic rings. The first kappa shape index (κ1) is 22.2. The van der Waals surface area contributed by atoms with Crippen LogP contribution in [0.4, 0.5) is 5.69 Å². The highest BCUT2D eigenvalue weighted by Crippen LogP contribution is 2.33. The van der Waals surface area contributed by atoms with Gasteiger partial charge in [0.15, 0.2) is 6.61 Å². The normalized spacial score (nSPS) is 15.5. The van der Waals surface area contributed by atoms with Gasteiger partial charge in [0, 0.05) is 30.5 Å². The number of para-hydroxylation sites is 1. The van der Waals surface area contributed by atoms with E-state index < -0.39 is 0 Å². The predicted molar refractivity (Wildman–Crippen MR) is 125 cm³/mol. The summed E-state index contributed by atoms with van der Waals surface area (Å²) in [5.74, 6) is 0.958. The molecule has 32 heavy (non-hydrogen) atoms. The maximum atomic E-state index is 12.4. The van der Waals surface area contributed by atoms with E-state index in [2.05, 4.69) is 15.7 Å². The third-order valence-corrected chi connectivity index (χ3v) is 5.75. The van der Waals surface area contributed by atoms with E-state index in [0.717, 1.165) is 30.0 Å². The average Bonchev–Trinajstić information content (AvgIpc) is 3.46. The van der Waals surface area contributed by atoms with Gasteiger partial charge in [-0.1, -0.05) is 23.7 Å². The van der Waals surface area contributed by atoms with Crippen molar-refractivity contribution in [1.82, 2.24) is 15.1 Å². The Morgan fingerprint density at radius 1 is 1.22 bits per heavy atom. The van der Waals surface area contributed by atoms with E-state index in [1.165, 1.54) is 12.8 Å². The Morgan fingerprint density at radius 3 is 2.84 bits per heavy atom. The summed E-state index contributed by atoms with van der Waals surface area (Å²) in [6.07, 6.45) is 5.12. The van der Waals surface area contributed by atoms with Crippen molar-refractivity contribution in [2.24, 2.45) is 7.05 Å². The number of aryl methyl sites for hydroxylation is 1. The lowest BCUT2D eigenvalue weighted by atomic mass is 10.1. The van der Waals surface area contributed by atoms with Gasteiger partial charge in [-0.05, 0) is 62.2 Å². The molecule has 8 heteroatoms. The van der Waals surface area contributed by atoms with Crippen LogP contribution in [0.15, 0.2) is 54.7 Å². The van der Waals surface area contributed by atoms with E-state index >= 15 is 0 Å². The van der Waals surface area contributed by atoms with E-state index in [4.69, 9.17) is 21.1 Å². The van der Waals surface area contributed by atoms with Gasteiger partial charge in [0.2, 0.25) is 0 Å². The summed E-state index contributed by atoms with van der Waals surface area (Å²) in [6.45, 7) is 1.57. The fourth-order valence-corrected chi connectivity index (χ4v) is 3.98. The van der Waals surface area contributed by atoms with Crippen molar-refractivity contribution in [2.45, 2.75) is 25.3 Å². The minimum Gasteiger partial charge on any atom is -0.493 e. The number of carbonyl (C=O) groups excluding carboxylic acids is 1. The number of carbonyl (C=O) groups is 1. The zero-order valence-corrected chi connectivity index (χ0v) is 18.8. The topological polar surface area (TPSA) is 77.4 Å². The van der Waals surface area contributed by atoms with Gasteiger partial charge in [0.25, 0.3) is 5.91 Å². The Hall–Kier alpha value is -3.03. The number of anilines is 1. The highest BCUT2D eigenvalue weighted by Gasteiger charge is 2.16. The van der Waals surface area contributed by atoms with Crippen LogP contribution in [-0.4, -0.2) is 41.5 Å². The Labute approximate surface area is 192 Å². The van der Waals surface area contributed by atoms with Crippen molar-refractivity contribution >= 4 is 23.2 Å². The zero-order valence-electron chi connectivity index (χ0n) is 18.0. The number of rotatable bonds is 9. The van der Waals surface area contributed by atoms with Crippen LogP contribution in [0.5, 0.6) is 11.5 Å². The number of hydrogen-bond donors (Lipinski definition) is 2. The van der Waals surface area contributed by atoms with Crippen LogP contribution in [0.25, 0.3) is 11.3 Å². The minimum atomic E-state index is -0.276. The largest absolute Gasteiger partial charge is 0.493 e. The van der Waals surface area contributed by atoms with Crippen LogP contribution in [0, 0.1) is 0 Å². The molecule has 0 bridgehead atoms. The summed E-state index contributed by atoms with van der Waals surface area (Å²) >= 11 is 6.08. The quantitative estimate of drug-likeness (QED) is 0.504. The molecule has 1 fully saturated rings. The van der Waals surface area contributed by atoms with Crippen LogP contribution in [0.2, 0.25) is 5.02 Å². The van der Waals surface area contributed by atoms with E-state index in [1.807, 2.05) is 37.4 Å². The first-order valence-electron chi connectivity index (χ1n) is 10.8. The van der Waals surface area contributed by atoms with Gasteiger partial charge in [-0.2, -0.15) is 5.10 Å². The first-order chi connectivity index (χ1) is 15.6. The van der Waals surface area contributed by atoms with E-state index in [1.54, 1.807) is 29.1 Å². The summed E-state index contributed by atoms with van der Waals surface area (Å²) in [5.41, 5.74) is 2.43. The molecular weight excluding hydrogens is 428 g/mol. The number of nitrogens with one attached hydrogen (secondary N) is 2. The number of aromatic nitrogens is 2. The van der Waals surface area contributed by atoms with Crippen molar-refractivity contribution < 1.29 is 14.3 Å². The van der Waals surface area contributed by atoms with Gasteiger partial charge in [0.05, 0.1) is 17.3 Å². The molecule has 0 aliphatic carbocycles. The van der Waals surface area contributed by atoms with Gasteiger partial charge < -0.3 is 20.1 Å². The van der Waals surface area contributed by atoms with Gasteiger partial charge in [-0.25, -0.2) is 0 Å². The number of amides is 1. The molecule has 2 heterocycles. The molecule has 0 saturated carbocycles. The zero-order chi connectivity index (χ0) is 22.3. The van der Waals surface area contributed by atoms with E-state index in [-0.39, 0.29) is 12.5 Å². The van der Waals surface area contributed by atoms with Gasteiger partial charge >= 0.3 is 0 Å². The molecule has 168 valence electrons. The molecule has 2 N–H and O–H groups in total. The third-order valence-electron chi connectivity index (χ3n) is 5.44. The molecule has 2 aromatic carbocycles. The van der Waals surface area contributed by atoms with E-state index in [0.29, 0.717) is 29.1 Å². The summed E-state index contributed by atoms with van der Waals surface area (Å²) in [4.78, 5) is 12.4. The number of halogens is 1. The SMILES string of the molecule is Cn1nccc1-c1cc(NC(=O)COc2ccccc2Cl)ccc1OCCC1CCCN1. The molecule has 1 saturated heterocycles. The summed E-state index contributed by atoms with van der Waals surface area (Å²) < 4.78 is 13.4. The second-order valence-corrected chi connectivity index (χ2v) is 8.16. The lowest BCUT2D eigenvalue weighted by Crippen LogP contribution is -2.23. The second kappa shape index (κ2) is 10.5. The summed E-state index contributed by atoms with van der Waals surface area (Å²) in [5, 5.41) is 11.1. The first-order valence-corrected chi connectivity index (χ1v) is 11.1. The molecule has 0 radical (unpaired) electrons. The molecule has 1 aliphatic heterocycles. The van der Waals surface area contributed by atoms with Crippen molar-refractivity contribution in [2.75, 3.05) is 25.1 Å². The molecular formula is C24H27ClN4O3. The second-order valence-electron chi connectivity index (χ2n) is 7.75. The Morgan fingerprint density at radius 2 is 2.09 bits per heavy atom. The summed E-state index contributed by atoms with van der Waals surface area (Å²) in [6, 6.07) is 15.1. The molecule has 0 spiro atoms. The van der Waals surface area contributed by atoms with Crippen LogP contribution in [-0.2, 0) is 11.8 Å². The highest BCUT2D eigenvalue weighted by molar-refractivity contribution is 6.32. The molecule has 1 atom stereocenters. The number of hydrogen-bond acceptors (Lipinski definition) is 5. The van der Waals surface area contributed by atoms with Crippen molar-refractivity contribution in [3.05, 3.63) is 59.8 Å². The monoisotopic (exact) mass is 454 g/mol. The Bertz CT molecular complexity index is 1060. The molecule has 7 nitrogen and oxygen atoms in total. The van der Waals surface area contributed by atoms with Gasteiger partial charge in [-0.3, -0.25) is 9.48 Å². The van der Waals surface area contributed by atoms with Crippen LogP contribution in [0.1, 0.15) is 19.3 Å². The average molecular weight is 455 g/mol. The molecule has 1 aromatic heterocycles. The van der Waals surface area contributed by atoms with Crippen molar-refractivity contribution in [1.29, 1.82) is 0 Å². The van der Waals surface area contributed by atoms with Crippen LogP contribution < -0.4 is 20.1 Å². The molecule has 1 unspecified atom stereocenters. The summed E-state index contributed by atoms with van der Waals surface area (Å²) in [7, 11) is 1.88. The Balaban J connectivity index is 1.43. The molecule has 1 aliphatic rings.